The van der Waals surface area contributed by atoms with Gasteiger partial charge in [0.15, 0.2) is 6.04 Å². The zero-order chi connectivity index (χ0) is 13.8. The third-order valence-corrected chi connectivity index (χ3v) is 3.14. The molecule has 1 aromatic carbocycles. The molecule has 1 N–H and O–H groups in total. The number of aliphatic carboxylic acids is 1. The molecule has 1 saturated carbocycles. The minimum absolute atomic E-state index is 0.0354. The fourth-order valence-corrected chi connectivity index (χ4v) is 2.14. The van der Waals surface area contributed by atoms with E-state index in [0.29, 0.717) is 24.3 Å². The second-order valence-corrected chi connectivity index (χ2v) is 4.50. The lowest BCUT2D eigenvalue weighted by Gasteiger charge is -2.26. The molecule has 2 rings (SSSR count). The molecule has 0 saturated heterocycles. The highest BCUT2D eigenvalue weighted by Crippen LogP contribution is 2.36. The number of carbonyl (C=O) groups is 2. The Morgan fingerprint density at radius 1 is 1.53 bits per heavy atom. The van der Waals surface area contributed by atoms with Crippen LogP contribution in [0.15, 0.2) is 24.3 Å². The first-order valence-corrected chi connectivity index (χ1v) is 6.36. The van der Waals surface area contributed by atoms with Crippen molar-refractivity contribution in [3.05, 3.63) is 29.8 Å². The largest absolute Gasteiger partial charge is 0.493 e. The second-order valence-electron chi connectivity index (χ2n) is 4.50. The summed E-state index contributed by atoms with van der Waals surface area (Å²) in [6, 6.07) is 6.02. The zero-order valence-electron chi connectivity index (χ0n) is 10.8. The van der Waals surface area contributed by atoms with Crippen LogP contribution >= 0.6 is 0 Å². The number of hydrogen-bond donors (Lipinski definition) is 1. The van der Waals surface area contributed by atoms with Gasteiger partial charge in [-0.3, -0.25) is 4.79 Å². The summed E-state index contributed by atoms with van der Waals surface area (Å²) in [6.45, 7) is 2.29. The van der Waals surface area contributed by atoms with Gasteiger partial charge in [-0.1, -0.05) is 18.2 Å². The highest BCUT2D eigenvalue weighted by molar-refractivity contribution is 5.79. The van der Waals surface area contributed by atoms with Crippen molar-refractivity contribution in [2.24, 2.45) is 0 Å². The van der Waals surface area contributed by atoms with Crippen LogP contribution in [0.5, 0.6) is 5.75 Å². The van der Waals surface area contributed by atoms with Gasteiger partial charge in [0.25, 0.3) is 0 Å². The van der Waals surface area contributed by atoms with Crippen LogP contribution in [0, 0.1) is 0 Å². The van der Waals surface area contributed by atoms with Gasteiger partial charge in [-0.15, -0.1) is 0 Å². The van der Waals surface area contributed by atoms with Crippen molar-refractivity contribution in [1.29, 1.82) is 0 Å². The lowest BCUT2D eigenvalue weighted by atomic mass is 10.0. The van der Waals surface area contributed by atoms with Crippen molar-refractivity contribution in [2.45, 2.75) is 31.8 Å². The number of nitrogens with zero attached hydrogens (tertiary/aromatic N) is 1. The third-order valence-electron chi connectivity index (χ3n) is 3.14. The first kappa shape index (κ1) is 13.4. The molecule has 5 nitrogen and oxygen atoms in total. The molecule has 0 radical (unpaired) electrons. The van der Waals surface area contributed by atoms with Gasteiger partial charge in [0, 0.05) is 11.6 Å². The van der Waals surface area contributed by atoms with E-state index in [9.17, 15) is 14.7 Å². The van der Waals surface area contributed by atoms with Crippen molar-refractivity contribution in [3.8, 4) is 5.75 Å². The normalized spacial score (nSPS) is 15.6. The topological polar surface area (TPSA) is 66.8 Å². The van der Waals surface area contributed by atoms with E-state index < -0.39 is 12.0 Å². The summed E-state index contributed by atoms with van der Waals surface area (Å²) < 4.78 is 5.46. The van der Waals surface area contributed by atoms with E-state index >= 15 is 0 Å². The first-order valence-electron chi connectivity index (χ1n) is 6.36. The number of carboxylic acid groups (broad SMARTS) is 1. The third kappa shape index (κ3) is 2.86. The number of benzene rings is 1. The number of amides is 1. The van der Waals surface area contributed by atoms with E-state index in [-0.39, 0.29) is 6.04 Å². The summed E-state index contributed by atoms with van der Waals surface area (Å²) >= 11 is 0. The predicted molar refractivity (Wildman–Crippen MR) is 68.9 cm³/mol. The summed E-state index contributed by atoms with van der Waals surface area (Å²) in [5.74, 6) is -0.518. The standard InChI is InChI=1S/C14H17NO4/c1-2-19-12-6-4-3-5-11(12)13(14(17)18)15(9-16)10-7-8-10/h3-6,9-10,13H,2,7-8H2,1H3,(H,17,18). The quantitative estimate of drug-likeness (QED) is 0.762. The van der Waals surface area contributed by atoms with Crippen molar-refractivity contribution in [3.63, 3.8) is 0 Å². The molecular formula is C14H17NO4. The molecule has 1 unspecified atom stereocenters. The Kier molecular flexibility index (Phi) is 4.04. The summed E-state index contributed by atoms with van der Waals surface area (Å²) in [5.41, 5.74) is 0.524. The summed E-state index contributed by atoms with van der Waals surface area (Å²) in [6.07, 6.45) is 2.35. The van der Waals surface area contributed by atoms with Gasteiger partial charge in [-0.25, -0.2) is 4.79 Å². The molecule has 0 heterocycles. The van der Waals surface area contributed by atoms with E-state index in [0.717, 1.165) is 12.8 Å². The molecule has 0 spiro atoms. The minimum atomic E-state index is -1.04. The molecule has 1 amide bonds. The van der Waals surface area contributed by atoms with Crippen molar-refractivity contribution >= 4 is 12.4 Å². The highest BCUT2D eigenvalue weighted by atomic mass is 16.5. The molecule has 19 heavy (non-hydrogen) atoms. The minimum Gasteiger partial charge on any atom is -0.493 e. The molecule has 102 valence electrons. The number of para-hydroxylation sites is 1. The fraction of sp³-hybridized carbons (Fsp3) is 0.429. The van der Waals surface area contributed by atoms with Crippen LogP contribution in [0.1, 0.15) is 31.4 Å². The van der Waals surface area contributed by atoms with E-state index in [4.69, 9.17) is 4.74 Å². The lowest BCUT2D eigenvalue weighted by Crippen LogP contribution is -2.35. The van der Waals surface area contributed by atoms with Gasteiger partial charge < -0.3 is 14.7 Å². The number of ether oxygens (including phenoxy) is 1. The van der Waals surface area contributed by atoms with E-state index in [2.05, 4.69) is 0 Å². The SMILES string of the molecule is CCOc1ccccc1C(C(=O)O)N(C=O)C1CC1. The van der Waals surface area contributed by atoms with Crippen molar-refractivity contribution in [1.82, 2.24) is 4.90 Å². The maximum absolute atomic E-state index is 11.5. The highest BCUT2D eigenvalue weighted by Gasteiger charge is 2.38. The Labute approximate surface area is 111 Å². The molecule has 1 atom stereocenters. The van der Waals surface area contributed by atoms with Crippen LogP contribution < -0.4 is 4.74 Å². The smallest absolute Gasteiger partial charge is 0.331 e. The van der Waals surface area contributed by atoms with Crippen LogP contribution in [0.2, 0.25) is 0 Å². The predicted octanol–water partition coefficient (Wildman–Crippen LogP) is 1.83. The Hall–Kier alpha value is -2.04. The monoisotopic (exact) mass is 263 g/mol. The Morgan fingerprint density at radius 2 is 2.21 bits per heavy atom. The second kappa shape index (κ2) is 5.73. The van der Waals surface area contributed by atoms with Gasteiger partial charge in [-0.05, 0) is 25.8 Å². The molecule has 0 aromatic heterocycles. The molecule has 1 aliphatic carbocycles. The van der Waals surface area contributed by atoms with Crippen molar-refractivity contribution < 1.29 is 19.4 Å². The lowest BCUT2D eigenvalue weighted by molar-refractivity contribution is -0.147. The van der Waals surface area contributed by atoms with Crippen LogP contribution in [0.4, 0.5) is 0 Å². The first-order chi connectivity index (χ1) is 9.19. The van der Waals surface area contributed by atoms with Crippen LogP contribution in [-0.2, 0) is 9.59 Å². The molecule has 0 bridgehead atoms. The van der Waals surface area contributed by atoms with E-state index in [1.54, 1.807) is 24.3 Å². The van der Waals surface area contributed by atoms with Crippen molar-refractivity contribution in [2.75, 3.05) is 6.61 Å². The zero-order valence-corrected chi connectivity index (χ0v) is 10.8. The summed E-state index contributed by atoms with van der Waals surface area (Å²) in [4.78, 5) is 24.1. The summed E-state index contributed by atoms with van der Waals surface area (Å²) in [5, 5.41) is 9.44. The number of rotatable bonds is 7. The van der Waals surface area contributed by atoms with Crippen LogP contribution in [0.25, 0.3) is 0 Å². The molecule has 1 fully saturated rings. The average Bonchev–Trinajstić information content (AvgIpc) is 3.21. The van der Waals surface area contributed by atoms with Gasteiger partial charge in [-0.2, -0.15) is 0 Å². The fourth-order valence-electron chi connectivity index (χ4n) is 2.14. The van der Waals surface area contributed by atoms with Gasteiger partial charge in [0.2, 0.25) is 6.41 Å². The molecule has 5 heteroatoms. The van der Waals surface area contributed by atoms with Gasteiger partial charge in [0.1, 0.15) is 5.75 Å². The average molecular weight is 263 g/mol. The van der Waals surface area contributed by atoms with Gasteiger partial charge >= 0.3 is 5.97 Å². The van der Waals surface area contributed by atoms with Crippen LogP contribution in [0.3, 0.4) is 0 Å². The maximum atomic E-state index is 11.5. The number of carboxylic acids is 1. The number of carbonyl (C=O) groups excluding carboxylic acids is 1. The Morgan fingerprint density at radius 3 is 2.74 bits per heavy atom. The molecular weight excluding hydrogens is 246 g/mol. The molecule has 1 aromatic rings. The Bertz CT molecular complexity index is 470. The summed E-state index contributed by atoms with van der Waals surface area (Å²) in [7, 11) is 0. The van der Waals surface area contributed by atoms with E-state index in [1.165, 1.54) is 4.90 Å². The molecule has 0 aliphatic heterocycles. The maximum Gasteiger partial charge on any atom is 0.331 e. The van der Waals surface area contributed by atoms with E-state index in [1.807, 2.05) is 6.92 Å². The van der Waals surface area contributed by atoms with Gasteiger partial charge in [0.05, 0.1) is 6.61 Å². The number of hydrogen-bond acceptors (Lipinski definition) is 3. The Balaban J connectivity index is 2.37. The van der Waals surface area contributed by atoms with Crippen LogP contribution in [-0.4, -0.2) is 35.0 Å². The molecule has 1 aliphatic rings.